The van der Waals surface area contributed by atoms with E-state index in [0.29, 0.717) is 5.02 Å². The molecule has 0 bridgehead atoms. The van der Waals surface area contributed by atoms with Crippen LogP contribution in [0.4, 0.5) is 0 Å². The topological polar surface area (TPSA) is 38.0 Å². The first-order valence-corrected chi connectivity index (χ1v) is 5.85. The van der Waals surface area contributed by atoms with Gasteiger partial charge in [-0.2, -0.15) is 5.10 Å². The van der Waals surface area contributed by atoms with Crippen LogP contribution in [0, 0.1) is 5.41 Å². The molecule has 0 spiro atoms. The number of rotatable bonds is 4. The van der Waals surface area contributed by atoms with Crippen LogP contribution in [0.3, 0.4) is 0 Å². The molecular weight excluding hydrogens is 212 g/mol. The molecule has 1 heterocycles. The lowest BCUT2D eigenvalue weighted by atomic mass is 9.99. The van der Waals surface area contributed by atoms with Crippen LogP contribution in [-0.4, -0.2) is 14.9 Å². The Hall–Kier alpha value is -0.540. The van der Waals surface area contributed by atoms with Gasteiger partial charge < -0.3 is 5.11 Å². The van der Waals surface area contributed by atoms with Gasteiger partial charge in [-0.1, -0.05) is 25.4 Å². The van der Waals surface area contributed by atoms with Gasteiger partial charge in [-0.3, -0.25) is 4.68 Å². The summed E-state index contributed by atoms with van der Waals surface area (Å²) < 4.78 is 1.83. The average molecular weight is 229 g/mol. The summed E-state index contributed by atoms with van der Waals surface area (Å²) in [7, 11) is 0. The van der Waals surface area contributed by atoms with Crippen molar-refractivity contribution in [2.75, 3.05) is 0 Å². The molecule has 0 radical (unpaired) electrons. The first-order chi connectivity index (χ1) is 7.08. The molecule has 3 nitrogen and oxygen atoms in total. The summed E-state index contributed by atoms with van der Waals surface area (Å²) in [4.78, 5) is 0. The maximum absolute atomic E-state index is 10.3. The Balaban J connectivity index is 2.28. The zero-order valence-electron chi connectivity index (χ0n) is 9.20. The minimum atomic E-state index is -0.473. The molecule has 1 saturated carbocycles. The standard InChI is InChI=1S/C11H17ClN2O/c1-3-6-14-9(8(12)7-13-14)10(15)11(2)4-5-11/h7,10,15H,3-6H2,1-2H3. The Labute approximate surface area is 95.0 Å². The Morgan fingerprint density at radius 3 is 2.87 bits per heavy atom. The lowest BCUT2D eigenvalue weighted by Crippen LogP contribution is -2.16. The molecule has 1 unspecified atom stereocenters. The van der Waals surface area contributed by atoms with E-state index in [1.807, 2.05) is 4.68 Å². The van der Waals surface area contributed by atoms with Crippen LogP contribution in [0.15, 0.2) is 6.20 Å². The van der Waals surface area contributed by atoms with E-state index >= 15 is 0 Å². The molecular formula is C11H17ClN2O. The molecule has 1 atom stereocenters. The SMILES string of the molecule is CCCn1ncc(Cl)c1C(O)C1(C)CC1. The van der Waals surface area contributed by atoms with Gasteiger partial charge in [-0.05, 0) is 24.7 Å². The smallest absolute Gasteiger partial charge is 0.102 e. The molecule has 1 N–H and O–H groups in total. The second-order valence-electron chi connectivity index (χ2n) is 4.66. The second kappa shape index (κ2) is 3.80. The molecule has 84 valence electrons. The molecule has 1 aliphatic carbocycles. The number of nitrogens with zero attached hydrogens (tertiary/aromatic N) is 2. The molecule has 15 heavy (non-hydrogen) atoms. The van der Waals surface area contributed by atoms with E-state index in [-0.39, 0.29) is 5.41 Å². The molecule has 2 rings (SSSR count). The summed E-state index contributed by atoms with van der Waals surface area (Å²) in [6.45, 7) is 5.00. The highest BCUT2D eigenvalue weighted by atomic mass is 35.5. The number of aliphatic hydroxyl groups is 1. The predicted molar refractivity (Wildman–Crippen MR) is 59.8 cm³/mol. The Kier molecular flexibility index (Phi) is 2.77. The van der Waals surface area contributed by atoms with Gasteiger partial charge in [0.15, 0.2) is 0 Å². The van der Waals surface area contributed by atoms with E-state index in [0.717, 1.165) is 31.5 Å². The highest BCUT2D eigenvalue weighted by Gasteiger charge is 2.46. The third kappa shape index (κ3) is 1.91. The Bertz CT molecular complexity index is 357. The zero-order chi connectivity index (χ0) is 11.1. The van der Waals surface area contributed by atoms with Gasteiger partial charge in [-0.15, -0.1) is 0 Å². The quantitative estimate of drug-likeness (QED) is 0.861. The monoisotopic (exact) mass is 228 g/mol. The van der Waals surface area contributed by atoms with Gasteiger partial charge in [0.05, 0.1) is 16.9 Å². The van der Waals surface area contributed by atoms with E-state index in [1.165, 1.54) is 0 Å². The van der Waals surface area contributed by atoms with Crippen molar-refractivity contribution in [1.82, 2.24) is 9.78 Å². The minimum Gasteiger partial charge on any atom is -0.386 e. The highest BCUT2D eigenvalue weighted by molar-refractivity contribution is 6.31. The fraction of sp³-hybridized carbons (Fsp3) is 0.727. The largest absolute Gasteiger partial charge is 0.386 e. The molecule has 1 fully saturated rings. The molecule has 0 aromatic carbocycles. The number of hydrogen-bond acceptors (Lipinski definition) is 2. The van der Waals surface area contributed by atoms with Crippen molar-refractivity contribution in [3.8, 4) is 0 Å². The zero-order valence-corrected chi connectivity index (χ0v) is 9.96. The third-order valence-corrected chi connectivity index (χ3v) is 3.52. The van der Waals surface area contributed by atoms with E-state index in [1.54, 1.807) is 6.20 Å². The number of aryl methyl sites for hydroxylation is 1. The normalized spacial score (nSPS) is 20.3. The van der Waals surface area contributed by atoms with Crippen molar-refractivity contribution in [2.24, 2.45) is 5.41 Å². The van der Waals surface area contributed by atoms with Crippen LogP contribution in [0.5, 0.6) is 0 Å². The van der Waals surface area contributed by atoms with Gasteiger partial charge >= 0.3 is 0 Å². The van der Waals surface area contributed by atoms with Crippen molar-refractivity contribution in [3.05, 3.63) is 16.9 Å². The van der Waals surface area contributed by atoms with Gasteiger partial charge in [0, 0.05) is 6.54 Å². The summed E-state index contributed by atoms with van der Waals surface area (Å²) in [5.74, 6) is 0. The second-order valence-corrected chi connectivity index (χ2v) is 5.06. The lowest BCUT2D eigenvalue weighted by molar-refractivity contribution is 0.0941. The molecule has 0 amide bonds. The summed E-state index contributed by atoms with van der Waals surface area (Å²) in [6.07, 6.45) is 4.29. The van der Waals surface area contributed by atoms with E-state index in [4.69, 9.17) is 11.6 Å². The van der Waals surface area contributed by atoms with E-state index in [9.17, 15) is 5.11 Å². The van der Waals surface area contributed by atoms with Crippen LogP contribution in [-0.2, 0) is 6.54 Å². The molecule has 1 aromatic rings. The molecule has 4 heteroatoms. The van der Waals surface area contributed by atoms with Crippen molar-refractivity contribution in [1.29, 1.82) is 0 Å². The van der Waals surface area contributed by atoms with Crippen LogP contribution in [0.2, 0.25) is 5.02 Å². The molecule has 0 saturated heterocycles. The summed E-state index contributed by atoms with van der Waals surface area (Å²) in [5, 5.41) is 15.0. The van der Waals surface area contributed by atoms with Crippen LogP contribution in [0.25, 0.3) is 0 Å². The third-order valence-electron chi connectivity index (χ3n) is 3.23. The summed E-state index contributed by atoms with van der Waals surface area (Å²) >= 11 is 6.07. The van der Waals surface area contributed by atoms with Gasteiger partial charge in [-0.25, -0.2) is 0 Å². The highest BCUT2D eigenvalue weighted by Crippen LogP contribution is 2.55. The van der Waals surface area contributed by atoms with Crippen LogP contribution < -0.4 is 0 Å². The fourth-order valence-electron chi connectivity index (χ4n) is 1.83. The van der Waals surface area contributed by atoms with Crippen molar-refractivity contribution in [2.45, 2.75) is 45.8 Å². The Morgan fingerprint density at radius 2 is 2.33 bits per heavy atom. The van der Waals surface area contributed by atoms with Gasteiger partial charge in [0.25, 0.3) is 0 Å². The van der Waals surface area contributed by atoms with E-state index < -0.39 is 6.10 Å². The van der Waals surface area contributed by atoms with E-state index in [2.05, 4.69) is 18.9 Å². The van der Waals surface area contributed by atoms with Crippen LogP contribution in [0.1, 0.15) is 44.9 Å². The number of aromatic nitrogens is 2. The summed E-state index contributed by atoms with van der Waals surface area (Å²) in [6, 6.07) is 0. The van der Waals surface area contributed by atoms with Crippen LogP contribution >= 0.6 is 11.6 Å². The first-order valence-electron chi connectivity index (χ1n) is 5.48. The summed E-state index contributed by atoms with van der Waals surface area (Å²) in [5.41, 5.74) is 0.813. The van der Waals surface area contributed by atoms with Crippen molar-refractivity contribution in [3.63, 3.8) is 0 Å². The maximum Gasteiger partial charge on any atom is 0.102 e. The van der Waals surface area contributed by atoms with Crippen molar-refractivity contribution < 1.29 is 5.11 Å². The molecule has 0 aliphatic heterocycles. The first kappa shape index (κ1) is 11.0. The predicted octanol–water partition coefficient (Wildman–Crippen LogP) is 2.78. The number of aliphatic hydroxyl groups excluding tert-OH is 1. The minimum absolute atomic E-state index is 0.0230. The van der Waals surface area contributed by atoms with Gasteiger partial charge in [0.1, 0.15) is 6.10 Å². The molecule has 1 aromatic heterocycles. The number of halogens is 1. The average Bonchev–Trinajstić information content (AvgIpc) is 2.85. The molecule has 1 aliphatic rings. The Morgan fingerprint density at radius 1 is 1.67 bits per heavy atom. The maximum atomic E-state index is 10.3. The number of hydrogen-bond donors (Lipinski definition) is 1. The van der Waals surface area contributed by atoms with Crippen molar-refractivity contribution >= 4 is 11.6 Å². The lowest BCUT2D eigenvalue weighted by Gasteiger charge is -2.19. The fourth-order valence-corrected chi connectivity index (χ4v) is 2.08. The van der Waals surface area contributed by atoms with Gasteiger partial charge in [0.2, 0.25) is 0 Å².